The van der Waals surface area contributed by atoms with Crippen molar-refractivity contribution in [2.75, 3.05) is 0 Å². The summed E-state index contributed by atoms with van der Waals surface area (Å²) in [4.78, 5) is -0.0364. The molecule has 2 aromatic rings. The maximum Gasteiger partial charge on any atom is 0.294 e. The van der Waals surface area contributed by atoms with Gasteiger partial charge in [-0.1, -0.05) is 85.0 Å². The van der Waals surface area contributed by atoms with Crippen LogP contribution < -0.4 is 0 Å². The summed E-state index contributed by atoms with van der Waals surface area (Å²) in [5.41, 5.74) is 4.05. The maximum atomic E-state index is 11.4. The van der Waals surface area contributed by atoms with E-state index < -0.39 is 10.1 Å². The highest BCUT2D eigenvalue weighted by molar-refractivity contribution is 7.85. The molecule has 0 aromatic heterocycles. The lowest BCUT2D eigenvalue weighted by molar-refractivity contribution is 0.482. The quantitative estimate of drug-likeness (QED) is 0.760. The molecule has 1 N–H and O–H groups in total. The molecular weight excluding hydrogens is 344 g/mol. The second-order valence-electron chi connectivity index (χ2n) is 6.03. The molecule has 0 atom stereocenters. The third-order valence-corrected chi connectivity index (χ3v) is 5.11. The number of hydrogen-bond acceptors (Lipinski definition) is 2. The second-order valence-corrected chi connectivity index (χ2v) is 7.42. The summed E-state index contributed by atoms with van der Waals surface area (Å²) in [5.74, 6) is 0. The molecule has 0 heterocycles. The van der Waals surface area contributed by atoms with Crippen molar-refractivity contribution in [2.24, 2.45) is 0 Å². The van der Waals surface area contributed by atoms with Crippen molar-refractivity contribution in [2.45, 2.75) is 17.7 Å². The number of rotatable bonds is 5. The van der Waals surface area contributed by atoms with E-state index in [2.05, 4.69) is 36.4 Å². The van der Waals surface area contributed by atoms with E-state index in [0.29, 0.717) is 12.0 Å². The maximum absolute atomic E-state index is 11.4. The molecule has 26 heavy (non-hydrogen) atoms. The predicted octanol–water partition coefficient (Wildman–Crippen LogP) is 5.00. The summed E-state index contributed by atoms with van der Waals surface area (Å²) in [7, 11) is -4.20. The van der Waals surface area contributed by atoms with E-state index in [4.69, 9.17) is 0 Å². The number of benzene rings is 2. The Hall–Kier alpha value is -2.69. The lowest BCUT2D eigenvalue weighted by Gasteiger charge is -2.04. The van der Waals surface area contributed by atoms with Crippen LogP contribution in [0.3, 0.4) is 0 Å². The molecule has 0 bridgehead atoms. The van der Waals surface area contributed by atoms with Crippen molar-refractivity contribution in [3.8, 4) is 0 Å². The van der Waals surface area contributed by atoms with Gasteiger partial charge in [0.05, 0.1) is 4.90 Å². The van der Waals surface area contributed by atoms with E-state index in [1.165, 1.54) is 11.6 Å². The van der Waals surface area contributed by atoms with Crippen LogP contribution in [0.25, 0.3) is 5.57 Å². The van der Waals surface area contributed by atoms with Crippen LogP contribution in [0, 0.1) is 0 Å². The van der Waals surface area contributed by atoms with Gasteiger partial charge < -0.3 is 0 Å². The summed E-state index contributed by atoms with van der Waals surface area (Å²) < 4.78 is 32.2. The fourth-order valence-corrected chi connectivity index (χ4v) is 3.58. The average Bonchev–Trinajstić information content (AvgIpc) is 2.88. The Morgan fingerprint density at radius 3 is 2.46 bits per heavy atom. The largest absolute Gasteiger partial charge is 0.294 e. The topological polar surface area (TPSA) is 54.4 Å². The Balaban J connectivity index is 1.75. The van der Waals surface area contributed by atoms with Crippen LogP contribution in [0.15, 0.2) is 102 Å². The highest BCUT2D eigenvalue weighted by Gasteiger charge is 2.13. The third-order valence-electron chi connectivity index (χ3n) is 4.16. The normalized spacial score (nSPS) is 14.8. The molecule has 1 aliphatic rings. The van der Waals surface area contributed by atoms with Crippen LogP contribution in [0.5, 0.6) is 0 Å². The van der Waals surface area contributed by atoms with Crippen LogP contribution in [-0.2, 0) is 16.5 Å². The van der Waals surface area contributed by atoms with Gasteiger partial charge in [-0.2, -0.15) is 8.42 Å². The van der Waals surface area contributed by atoms with Gasteiger partial charge in [-0.15, -0.1) is 0 Å². The zero-order chi connectivity index (χ0) is 18.4. The zero-order valence-electron chi connectivity index (χ0n) is 14.2. The molecular formula is C22H20O3S. The summed E-state index contributed by atoms with van der Waals surface area (Å²) in [5, 5.41) is 0. The molecule has 3 rings (SSSR count). The Labute approximate surface area is 154 Å². The van der Waals surface area contributed by atoms with Gasteiger partial charge in [-0.25, -0.2) is 0 Å². The van der Waals surface area contributed by atoms with Gasteiger partial charge in [0.15, 0.2) is 0 Å². The molecule has 0 saturated heterocycles. The van der Waals surface area contributed by atoms with Crippen molar-refractivity contribution < 1.29 is 13.0 Å². The summed E-state index contributed by atoms with van der Waals surface area (Å²) in [6.45, 7) is 0. The molecule has 0 amide bonds. The van der Waals surface area contributed by atoms with E-state index in [1.54, 1.807) is 18.2 Å². The Morgan fingerprint density at radius 2 is 1.69 bits per heavy atom. The van der Waals surface area contributed by atoms with Gasteiger partial charge in [-0.05, 0) is 41.2 Å². The van der Waals surface area contributed by atoms with Crippen LogP contribution in [-0.4, -0.2) is 13.0 Å². The van der Waals surface area contributed by atoms with Gasteiger partial charge >= 0.3 is 0 Å². The minimum atomic E-state index is -4.20. The minimum absolute atomic E-state index is 0.0364. The first-order valence-corrected chi connectivity index (χ1v) is 9.83. The molecule has 4 heteroatoms. The van der Waals surface area contributed by atoms with Crippen LogP contribution in [0.1, 0.15) is 17.5 Å². The molecule has 0 unspecified atom stereocenters. The van der Waals surface area contributed by atoms with Crippen LogP contribution in [0.2, 0.25) is 0 Å². The Bertz CT molecular complexity index is 995. The lowest BCUT2D eigenvalue weighted by atomic mass is 10.1. The molecule has 0 saturated carbocycles. The summed E-state index contributed by atoms with van der Waals surface area (Å²) in [6.07, 6.45) is 13.6. The van der Waals surface area contributed by atoms with Gasteiger partial charge in [0.25, 0.3) is 10.1 Å². The van der Waals surface area contributed by atoms with E-state index in [-0.39, 0.29) is 4.90 Å². The molecule has 0 radical (unpaired) electrons. The van der Waals surface area contributed by atoms with Crippen molar-refractivity contribution in [3.63, 3.8) is 0 Å². The van der Waals surface area contributed by atoms with E-state index in [1.807, 2.05) is 30.4 Å². The summed E-state index contributed by atoms with van der Waals surface area (Å²) in [6, 6.07) is 16.7. The van der Waals surface area contributed by atoms with Crippen LogP contribution >= 0.6 is 0 Å². The molecule has 132 valence electrons. The Morgan fingerprint density at radius 1 is 0.962 bits per heavy atom. The minimum Gasteiger partial charge on any atom is -0.282 e. The fraction of sp³-hybridized carbons (Fsp3) is 0.0909. The van der Waals surface area contributed by atoms with Gasteiger partial charge in [0.1, 0.15) is 0 Å². The van der Waals surface area contributed by atoms with Crippen LogP contribution in [0.4, 0.5) is 0 Å². The van der Waals surface area contributed by atoms with Crippen molar-refractivity contribution in [1.82, 2.24) is 0 Å². The van der Waals surface area contributed by atoms with Crippen molar-refractivity contribution >= 4 is 15.7 Å². The monoisotopic (exact) mass is 364 g/mol. The SMILES string of the molecule is O=S(=O)(O)c1ccccc1CC=CC1=CC=C(c2ccccc2)C=CC1. The highest BCUT2D eigenvalue weighted by Crippen LogP contribution is 2.21. The average molecular weight is 364 g/mol. The predicted molar refractivity (Wildman–Crippen MR) is 105 cm³/mol. The Kier molecular flexibility index (Phi) is 5.66. The zero-order valence-corrected chi connectivity index (χ0v) is 15.1. The van der Waals surface area contributed by atoms with Crippen molar-refractivity contribution in [1.29, 1.82) is 0 Å². The summed E-state index contributed by atoms with van der Waals surface area (Å²) >= 11 is 0. The first kappa shape index (κ1) is 18.1. The molecule has 1 aliphatic carbocycles. The molecule has 0 aliphatic heterocycles. The van der Waals surface area contributed by atoms with Gasteiger partial charge in [0, 0.05) is 0 Å². The highest BCUT2D eigenvalue weighted by atomic mass is 32.2. The van der Waals surface area contributed by atoms with E-state index >= 15 is 0 Å². The van der Waals surface area contributed by atoms with Gasteiger partial charge in [0.2, 0.25) is 0 Å². The fourth-order valence-electron chi connectivity index (χ4n) is 2.85. The van der Waals surface area contributed by atoms with E-state index in [9.17, 15) is 13.0 Å². The molecule has 0 fully saturated rings. The van der Waals surface area contributed by atoms with Gasteiger partial charge in [-0.3, -0.25) is 4.55 Å². The lowest BCUT2D eigenvalue weighted by Crippen LogP contribution is -2.02. The number of allylic oxidation sites excluding steroid dienone is 8. The smallest absolute Gasteiger partial charge is 0.282 e. The molecule has 3 nitrogen and oxygen atoms in total. The number of hydrogen-bond donors (Lipinski definition) is 1. The molecule has 2 aromatic carbocycles. The molecule has 0 spiro atoms. The van der Waals surface area contributed by atoms with Crippen molar-refractivity contribution in [3.05, 3.63) is 108 Å². The second kappa shape index (κ2) is 8.13. The third kappa shape index (κ3) is 4.69. The van der Waals surface area contributed by atoms with E-state index in [0.717, 1.165) is 17.6 Å². The standard InChI is InChI=1S/C22H20O3S/c23-26(24,25)22-15-5-4-12-21(22)14-7-9-18-8-6-13-20(17-16-18)19-10-2-1-3-11-19/h1-7,9-13,15-17H,8,14H2,(H,23,24,25). The first-order chi connectivity index (χ1) is 12.5. The first-order valence-electron chi connectivity index (χ1n) is 8.39.